The van der Waals surface area contributed by atoms with Crippen LogP contribution in [0, 0.1) is 30.6 Å². The van der Waals surface area contributed by atoms with Gasteiger partial charge in [-0.3, -0.25) is 9.48 Å². The average molecular weight is 356 g/mol. The minimum atomic E-state index is 0.233. The molecule has 0 aromatic carbocycles. The zero-order valence-electron chi connectivity index (χ0n) is 16.4. The first-order valence-corrected chi connectivity index (χ1v) is 10.6. The van der Waals surface area contributed by atoms with E-state index in [1.807, 2.05) is 11.7 Å². The molecule has 3 aliphatic carbocycles. The van der Waals surface area contributed by atoms with E-state index in [-0.39, 0.29) is 5.92 Å². The summed E-state index contributed by atoms with van der Waals surface area (Å²) >= 11 is 0. The standard InChI is InChI=1S/C22H33N3O/c1-16-11-21(23-24(16)2)15-25(14-20-13-17-9-10-19(20)12-17)22(26)18-7-5-3-4-6-8-18/h9-11,17-20H,3-8,12-15H2,1-2H3. The van der Waals surface area contributed by atoms with E-state index >= 15 is 0 Å². The fourth-order valence-corrected chi connectivity index (χ4v) is 5.31. The Morgan fingerprint density at radius 3 is 2.54 bits per heavy atom. The van der Waals surface area contributed by atoms with Gasteiger partial charge in [0.25, 0.3) is 0 Å². The minimum Gasteiger partial charge on any atom is -0.336 e. The second-order valence-electron chi connectivity index (χ2n) is 8.85. The quantitative estimate of drug-likeness (QED) is 0.585. The maximum absolute atomic E-state index is 13.4. The SMILES string of the molecule is Cc1cc(CN(CC2CC3C=CC2C3)C(=O)C2CCCCCC2)nn1C. The van der Waals surface area contributed by atoms with Crippen molar-refractivity contribution in [2.24, 2.45) is 30.7 Å². The van der Waals surface area contributed by atoms with Crippen molar-refractivity contribution in [3.05, 3.63) is 29.6 Å². The Morgan fingerprint density at radius 1 is 1.19 bits per heavy atom. The molecule has 3 aliphatic rings. The van der Waals surface area contributed by atoms with Crippen LogP contribution in [-0.2, 0) is 18.4 Å². The zero-order chi connectivity index (χ0) is 18.1. The molecule has 2 fully saturated rings. The summed E-state index contributed by atoms with van der Waals surface area (Å²) in [5.41, 5.74) is 2.19. The summed E-state index contributed by atoms with van der Waals surface area (Å²) in [6.07, 6.45) is 14.5. The number of fused-ring (bicyclic) bond motifs is 2. The Labute approximate surface area is 157 Å². The van der Waals surface area contributed by atoms with Crippen molar-refractivity contribution in [1.82, 2.24) is 14.7 Å². The van der Waals surface area contributed by atoms with Crippen LogP contribution in [0.2, 0.25) is 0 Å². The van der Waals surface area contributed by atoms with E-state index in [4.69, 9.17) is 0 Å². The van der Waals surface area contributed by atoms with Gasteiger partial charge in [-0.1, -0.05) is 37.8 Å². The third kappa shape index (κ3) is 3.74. The number of rotatable bonds is 5. The molecule has 2 saturated carbocycles. The Morgan fingerprint density at radius 2 is 1.96 bits per heavy atom. The van der Waals surface area contributed by atoms with Crippen molar-refractivity contribution in [1.29, 1.82) is 0 Å². The van der Waals surface area contributed by atoms with E-state index in [1.54, 1.807) is 0 Å². The molecule has 4 heteroatoms. The molecule has 3 unspecified atom stereocenters. The number of amides is 1. The smallest absolute Gasteiger partial charge is 0.226 e. The first-order chi connectivity index (χ1) is 12.6. The van der Waals surface area contributed by atoms with Crippen LogP contribution in [0.4, 0.5) is 0 Å². The second-order valence-corrected chi connectivity index (χ2v) is 8.85. The normalized spacial score (nSPS) is 28.5. The Hall–Kier alpha value is -1.58. The van der Waals surface area contributed by atoms with Gasteiger partial charge in [-0.2, -0.15) is 5.10 Å². The first-order valence-electron chi connectivity index (χ1n) is 10.6. The molecule has 26 heavy (non-hydrogen) atoms. The summed E-state index contributed by atoms with van der Waals surface area (Å²) in [6, 6.07) is 2.13. The van der Waals surface area contributed by atoms with Crippen LogP contribution in [0.1, 0.15) is 62.8 Å². The van der Waals surface area contributed by atoms with Gasteiger partial charge in [-0.05, 0) is 56.4 Å². The fourth-order valence-electron chi connectivity index (χ4n) is 5.31. The van der Waals surface area contributed by atoms with Gasteiger partial charge in [-0.25, -0.2) is 0 Å². The molecule has 4 nitrogen and oxygen atoms in total. The van der Waals surface area contributed by atoms with Gasteiger partial charge < -0.3 is 4.90 Å². The van der Waals surface area contributed by atoms with E-state index < -0.39 is 0 Å². The summed E-state index contributed by atoms with van der Waals surface area (Å²) in [7, 11) is 1.98. The van der Waals surface area contributed by atoms with Gasteiger partial charge in [0.05, 0.1) is 12.2 Å². The van der Waals surface area contributed by atoms with E-state index in [9.17, 15) is 4.79 Å². The van der Waals surface area contributed by atoms with Crippen LogP contribution < -0.4 is 0 Å². The molecule has 0 spiro atoms. The summed E-state index contributed by atoms with van der Waals surface area (Å²) < 4.78 is 1.92. The number of hydrogen-bond donors (Lipinski definition) is 0. The highest BCUT2D eigenvalue weighted by molar-refractivity contribution is 5.78. The van der Waals surface area contributed by atoms with E-state index in [0.29, 0.717) is 24.3 Å². The molecule has 3 atom stereocenters. The zero-order valence-corrected chi connectivity index (χ0v) is 16.4. The van der Waals surface area contributed by atoms with Crippen molar-refractivity contribution < 1.29 is 4.79 Å². The van der Waals surface area contributed by atoms with Crippen LogP contribution >= 0.6 is 0 Å². The molecule has 1 aromatic heterocycles. The lowest BCUT2D eigenvalue weighted by molar-refractivity contribution is -0.137. The maximum Gasteiger partial charge on any atom is 0.226 e. The van der Waals surface area contributed by atoms with Gasteiger partial charge in [0.1, 0.15) is 0 Å². The number of nitrogens with zero attached hydrogens (tertiary/aromatic N) is 3. The largest absolute Gasteiger partial charge is 0.336 e. The Bertz CT molecular complexity index is 649. The lowest BCUT2D eigenvalue weighted by Crippen LogP contribution is -2.40. The molecule has 1 amide bonds. The van der Waals surface area contributed by atoms with Gasteiger partial charge in [0, 0.05) is 25.2 Å². The monoisotopic (exact) mass is 355 g/mol. The molecule has 142 valence electrons. The molecule has 2 bridgehead atoms. The molecule has 0 aliphatic heterocycles. The van der Waals surface area contributed by atoms with Gasteiger partial charge in [-0.15, -0.1) is 0 Å². The highest BCUT2D eigenvalue weighted by Gasteiger charge is 2.38. The second kappa shape index (κ2) is 7.58. The van der Waals surface area contributed by atoms with E-state index in [1.165, 1.54) is 38.5 Å². The van der Waals surface area contributed by atoms with Crippen LogP contribution in [-0.4, -0.2) is 27.1 Å². The van der Waals surface area contributed by atoms with E-state index in [0.717, 1.165) is 36.7 Å². The molecular weight excluding hydrogens is 322 g/mol. The average Bonchev–Trinajstić information content (AvgIpc) is 3.24. The van der Waals surface area contributed by atoms with Crippen LogP contribution in [0.25, 0.3) is 0 Å². The molecular formula is C22H33N3O. The Balaban J connectivity index is 1.49. The highest BCUT2D eigenvalue weighted by Crippen LogP contribution is 2.44. The molecule has 1 heterocycles. The van der Waals surface area contributed by atoms with Crippen LogP contribution in [0.5, 0.6) is 0 Å². The third-order valence-corrected chi connectivity index (χ3v) is 6.90. The number of hydrogen-bond acceptors (Lipinski definition) is 2. The van der Waals surface area contributed by atoms with Crippen LogP contribution in [0.3, 0.4) is 0 Å². The number of carbonyl (C=O) groups is 1. The fraction of sp³-hybridized carbons (Fsp3) is 0.727. The minimum absolute atomic E-state index is 0.233. The van der Waals surface area contributed by atoms with Gasteiger partial charge >= 0.3 is 0 Å². The summed E-state index contributed by atoms with van der Waals surface area (Å²) in [6.45, 7) is 3.67. The van der Waals surface area contributed by atoms with Gasteiger partial charge in [0.15, 0.2) is 0 Å². The number of allylic oxidation sites excluding steroid dienone is 2. The molecule has 0 radical (unpaired) electrons. The lowest BCUT2D eigenvalue weighted by Gasteiger charge is -2.31. The molecule has 1 aromatic rings. The third-order valence-electron chi connectivity index (χ3n) is 6.90. The number of carbonyl (C=O) groups excluding carboxylic acids is 1. The van der Waals surface area contributed by atoms with Crippen molar-refractivity contribution in [3.63, 3.8) is 0 Å². The first kappa shape index (κ1) is 17.8. The predicted molar refractivity (Wildman–Crippen MR) is 103 cm³/mol. The van der Waals surface area contributed by atoms with Crippen molar-refractivity contribution in [2.45, 2.75) is 64.8 Å². The van der Waals surface area contributed by atoms with Crippen molar-refractivity contribution >= 4 is 5.91 Å². The molecule has 0 N–H and O–H groups in total. The predicted octanol–water partition coefficient (Wildman–Crippen LogP) is 4.24. The lowest BCUT2D eigenvalue weighted by atomic mass is 9.91. The van der Waals surface area contributed by atoms with Gasteiger partial charge in [0.2, 0.25) is 5.91 Å². The summed E-state index contributed by atoms with van der Waals surface area (Å²) in [5, 5.41) is 4.63. The van der Waals surface area contributed by atoms with Crippen molar-refractivity contribution in [3.8, 4) is 0 Å². The summed E-state index contributed by atoms with van der Waals surface area (Å²) in [5.74, 6) is 2.72. The van der Waals surface area contributed by atoms with Crippen LogP contribution in [0.15, 0.2) is 18.2 Å². The van der Waals surface area contributed by atoms with E-state index in [2.05, 4.69) is 35.1 Å². The molecule has 0 saturated heterocycles. The number of aryl methyl sites for hydroxylation is 2. The highest BCUT2D eigenvalue weighted by atomic mass is 16.2. The maximum atomic E-state index is 13.4. The Kier molecular flexibility index (Phi) is 5.19. The number of aromatic nitrogens is 2. The summed E-state index contributed by atoms with van der Waals surface area (Å²) in [4.78, 5) is 15.6. The topological polar surface area (TPSA) is 38.1 Å². The molecule has 4 rings (SSSR count). The van der Waals surface area contributed by atoms with Crippen molar-refractivity contribution in [2.75, 3.05) is 6.54 Å².